The van der Waals surface area contributed by atoms with Gasteiger partial charge in [0.1, 0.15) is 5.82 Å². The molecule has 0 aliphatic heterocycles. The Labute approximate surface area is 176 Å². The number of rotatable bonds is 4. The fourth-order valence-electron chi connectivity index (χ4n) is 3.07. The van der Waals surface area contributed by atoms with Gasteiger partial charge < -0.3 is 0 Å². The standard InChI is InChI=1S/C22H12N4OS2/c27-22-19-12-17(24-14-29)9-10-20(19)25-21(26(22)18-7-2-1-3-8-18)15-5-4-6-16(11-15)23-13-28/h1-12H. The van der Waals surface area contributed by atoms with E-state index in [1.54, 1.807) is 22.8 Å². The van der Waals surface area contributed by atoms with E-state index in [0.29, 0.717) is 33.8 Å². The molecular weight excluding hydrogens is 400 g/mol. The van der Waals surface area contributed by atoms with Crippen LogP contribution in [0.2, 0.25) is 0 Å². The maximum absolute atomic E-state index is 13.5. The lowest BCUT2D eigenvalue weighted by Crippen LogP contribution is -2.21. The number of para-hydroxylation sites is 1. The highest BCUT2D eigenvalue weighted by molar-refractivity contribution is 7.78. The minimum atomic E-state index is -0.207. The largest absolute Gasteiger partial charge is 0.268 e. The minimum absolute atomic E-state index is 0.207. The van der Waals surface area contributed by atoms with E-state index in [0.717, 1.165) is 5.56 Å². The van der Waals surface area contributed by atoms with Crippen LogP contribution in [-0.2, 0) is 0 Å². The second kappa shape index (κ2) is 8.19. The molecule has 29 heavy (non-hydrogen) atoms. The monoisotopic (exact) mass is 412 g/mol. The van der Waals surface area contributed by atoms with Crippen LogP contribution in [0.15, 0.2) is 87.6 Å². The molecule has 0 unspecified atom stereocenters. The first-order chi connectivity index (χ1) is 14.2. The van der Waals surface area contributed by atoms with Crippen LogP contribution >= 0.6 is 24.4 Å². The molecule has 0 atom stereocenters. The third kappa shape index (κ3) is 3.72. The zero-order chi connectivity index (χ0) is 20.2. The zero-order valence-electron chi connectivity index (χ0n) is 14.9. The molecule has 0 aliphatic rings. The van der Waals surface area contributed by atoms with Gasteiger partial charge in [-0.3, -0.25) is 9.36 Å². The van der Waals surface area contributed by atoms with Crippen molar-refractivity contribution in [3.05, 3.63) is 83.2 Å². The topological polar surface area (TPSA) is 59.6 Å². The Balaban J connectivity index is 2.09. The molecule has 138 valence electrons. The third-order valence-electron chi connectivity index (χ3n) is 4.32. The van der Waals surface area contributed by atoms with E-state index in [2.05, 4.69) is 32.5 Å². The quantitative estimate of drug-likeness (QED) is 0.327. The lowest BCUT2D eigenvalue weighted by Gasteiger charge is -2.14. The van der Waals surface area contributed by atoms with Crippen molar-refractivity contribution in [2.24, 2.45) is 9.98 Å². The smallest absolute Gasteiger partial charge is 0.266 e. The highest BCUT2D eigenvalue weighted by Gasteiger charge is 2.15. The molecule has 4 rings (SSSR count). The molecular formula is C22H12N4OS2. The SMILES string of the molecule is O=c1c2cc(N=C=S)ccc2nc(-c2cccc(N=C=S)c2)n1-c1ccccc1. The average Bonchev–Trinajstić information content (AvgIpc) is 2.75. The first kappa shape index (κ1) is 18.7. The fourth-order valence-corrected chi connectivity index (χ4v) is 3.28. The van der Waals surface area contributed by atoms with Crippen LogP contribution in [0, 0.1) is 0 Å². The van der Waals surface area contributed by atoms with Crippen LogP contribution in [0.1, 0.15) is 0 Å². The van der Waals surface area contributed by atoms with Crippen molar-refractivity contribution in [3.8, 4) is 17.1 Å². The molecule has 1 heterocycles. The van der Waals surface area contributed by atoms with Crippen molar-refractivity contribution in [3.63, 3.8) is 0 Å². The lowest BCUT2D eigenvalue weighted by molar-refractivity contribution is 0.976. The first-order valence-electron chi connectivity index (χ1n) is 8.59. The Bertz CT molecular complexity index is 1380. The summed E-state index contributed by atoms with van der Waals surface area (Å²) in [6.45, 7) is 0. The van der Waals surface area contributed by atoms with Gasteiger partial charge in [0.15, 0.2) is 0 Å². The number of thiocarbonyl (C=S) groups is 2. The summed E-state index contributed by atoms with van der Waals surface area (Å²) in [4.78, 5) is 26.2. The van der Waals surface area contributed by atoms with E-state index in [1.165, 1.54) is 0 Å². The van der Waals surface area contributed by atoms with Crippen LogP contribution in [0.3, 0.4) is 0 Å². The van der Waals surface area contributed by atoms with E-state index in [1.807, 2.05) is 54.6 Å². The molecule has 0 bridgehead atoms. The van der Waals surface area contributed by atoms with E-state index in [-0.39, 0.29) is 5.56 Å². The first-order valence-corrected chi connectivity index (χ1v) is 9.41. The number of aromatic nitrogens is 2. The van der Waals surface area contributed by atoms with Crippen molar-refractivity contribution in [1.29, 1.82) is 0 Å². The molecule has 0 N–H and O–H groups in total. The average molecular weight is 412 g/mol. The molecule has 4 aromatic rings. The number of hydrogen-bond donors (Lipinski definition) is 0. The van der Waals surface area contributed by atoms with E-state index >= 15 is 0 Å². The Morgan fingerprint density at radius 3 is 2.28 bits per heavy atom. The van der Waals surface area contributed by atoms with Gasteiger partial charge >= 0.3 is 0 Å². The van der Waals surface area contributed by atoms with Crippen LogP contribution < -0.4 is 5.56 Å². The molecule has 0 radical (unpaired) electrons. The normalized spacial score (nSPS) is 10.2. The van der Waals surface area contributed by atoms with E-state index < -0.39 is 0 Å². The Morgan fingerprint density at radius 2 is 1.55 bits per heavy atom. The Hall–Kier alpha value is -3.60. The summed E-state index contributed by atoms with van der Waals surface area (Å²) in [6, 6.07) is 21.9. The van der Waals surface area contributed by atoms with Gasteiger partial charge in [0.25, 0.3) is 5.56 Å². The number of isothiocyanates is 2. The van der Waals surface area contributed by atoms with E-state index in [9.17, 15) is 4.79 Å². The minimum Gasteiger partial charge on any atom is -0.268 e. The summed E-state index contributed by atoms with van der Waals surface area (Å²) in [5.41, 5.74) is 2.98. The number of hydrogen-bond acceptors (Lipinski definition) is 6. The lowest BCUT2D eigenvalue weighted by atomic mass is 10.1. The van der Waals surface area contributed by atoms with Gasteiger partial charge in [-0.1, -0.05) is 30.3 Å². The van der Waals surface area contributed by atoms with E-state index in [4.69, 9.17) is 17.2 Å². The highest BCUT2D eigenvalue weighted by Crippen LogP contribution is 2.26. The van der Waals surface area contributed by atoms with Crippen LogP contribution in [-0.4, -0.2) is 19.9 Å². The maximum Gasteiger partial charge on any atom is 0.266 e. The van der Waals surface area contributed by atoms with Crippen molar-refractivity contribution >= 4 is 57.0 Å². The summed E-state index contributed by atoms with van der Waals surface area (Å²) in [7, 11) is 0. The molecule has 0 amide bonds. The second-order valence-electron chi connectivity index (χ2n) is 6.07. The van der Waals surface area contributed by atoms with Crippen molar-refractivity contribution < 1.29 is 0 Å². The maximum atomic E-state index is 13.5. The zero-order valence-corrected chi connectivity index (χ0v) is 16.6. The predicted molar refractivity (Wildman–Crippen MR) is 122 cm³/mol. The number of aliphatic imine (C=N–C) groups is 2. The molecule has 3 aromatic carbocycles. The molecule has 5 nitrogen and oxygen atoms in total. The summed E-state index contributed by atoms with van der Waals surface area (Å²) < 4.78 is 1.58. The summed E-state index contributed by atoms with van der Waals surface area (Å²) in [5, 5.41) is 5.13. The van der Waals surface area contributed by atoms with Gasteiger partial charge in [0, 0.05) is 5.56 Å². The van der Waals surface area contributed by atoms with Crippen molar-refractivity contribution in [1.82, 2.24) is 9.55 Å². The van der Waals surface area contributed by atoms with Crippen LogP contribution in [0.25, 0.3) is 28.0 Å². The molecule has 0 saturated carbocycles. The molecule has 0 saturated heterocycles. The van der Waals surface area contributed by atoms with Gasteiger partial charge in [0.05, 0.1) is 38.3 Å². The van der Waals surface area contributed by atoms with Crippen LogP contribution in [0.4, 0.5) is 11.4 Å². The Kier molecular flexibility index (Phi) is 5.29. The highest BCUT2D eigenvalue weighted by atomic mass is 32.1. The van der Waals surface area contributed by atoms with Crippen molar-refractivity contribution in [2.45, 2.75) is 0 Å². The molecule has 0 fully saturated rings. The molecule has 7 heteroatoms. The number of fused-ring (bicyclic) bond motifs is 1. The van der Waals surface area contributed by atoms with Gasteiger partial charge in [-0.15, -0.1) is 0 Å². The number of benzene rings is 3. The Morgan fingerprint density at radius 1 is 0.828 bits per heavy atom. The third-order valence-corrected chi connectivity index (χ3v) is 4.50. The summed E-state index contributed by atoms with van der Waals surface area (Å²) >= 11 is 9.38. The van der Waals surface area contributed by atoms with Crippen molar-refractivity contribution in [2.75, 3.05) is 0 Å². The van der Waals surface area contributed by atoms with Gasteiger partial charge in [-0.25, -0.2) is 4.98 Å². The fraction of sp³-hybridized carbons (Fsp3) is 0. The second-order valence-corrected chi connectivity index (χ2v) is 6.43. The van der Waals surface area contributed by atoms with Crippen LogP contribution in [0.5, 0.6) is 0 Å². The molecule has 0 spiro atoms. The van der Waals surface area contributed by atoms with Gasteiger partial charge in [-0.05, 0) is 66.9 Å². The number of nitrogens with zero attached hydrogens (tertiary/aromatic N) is 4. The summed E-state index contributed by atoms with van der Waals surface area (Å²) in [5.74, 6) is 0.501. The van der Waals surface area contributed by atoms with Gasteiger partial charge in [0.2, 0.25) is 0 Å². The summed E-state index contributed by atoms with van der Waals surface area (Å²) in [6.07, 6.45) is 0. The predicted octanol–water partition coefficient (Wildman–Crippen LogP) is 5.52. The molecule has 1 aromatic heterocycles. The van der Waals surface area contributed by atoms with Gasteiger partial charge in [-0.2, -0.15) is 9.98 Å². The molecule has 0 aliphatic carbocycles.